The van der Waals surface area contributed by atoms with E-state index in [1.54, 1.807) is 36.4 Å². The molecule has 10 heteroatoms. The van der Waals surface area contributed by atoms with Gasteiger partial charge in [-0.05, 0) is 55.5 Å². The van der Waals surface area contributed by atoms with E-state index >= 15 is 0 Å². The van der Waals surface area contributed by atoms with Gasteiger partial charge in [-0.25, -0.2) is 0 Å². The molecule has 3 aromatic carbocycles. The number of esters is 1. The summed E-state index contributed by atoms with van der Waals surface area (Å²) >= 11 is 0. The fourth-order valence-electron chi connectivity index (χ4n) is 3.04. The number of carbonyl (C=O) groups is 4. The van der Waals surface area contributed by atoms with E-state index in [0.717, 1.165) is 0 Å². The number of non-ortho nitro benzene ring substituents is 1. The zero-order chi connectivity index (χ0) is 26.1. The predicted molar refractivity (Wildman–Crippen MR) is 129 cm³/mol. The molecule has 0 atom stereocenters. The third kappa shape index (κ3) is 7.59. The van der Waals surface area contributed by atoms with Crippen LogP contribution in [0.1, 0.15) is 40.5 Å². The molecule has 0 aromatic heterocycles. The molecule has 1 amide bonds. The minimum Gasteiger partial charge on any atom is -0.457 e. The van der Waals surface area contributed by atoms with Gasteiger partial charge in [-0.2, -0.15) is 0 Å². The normalized spacial score (nSPS) is 10.2. The SMILES string of the molecule is CC(=O)c1cccc(NC(=O)CCC(=O)OCC(=O)c2ccc(Oc3ccc([N+](=O)[O-])cc3)cc2)c1. The second-order valence-electron chi connectivity index (χ2n) is 7.65. The first-order valence-electron chi connectivity index (χ1n) is 10.8. The van der Waals surface area contributed by atoms with Crippen molar-refractivity contribution in [2.24, 2.45) is 0 Å². The van der Waals surface area contributed by atoms with Gasteiger partial charge in [0, 0.05) is 35.4 Å². The number of nitro benzene ring substituents is 1. The highest BCUT2D eigenvalue weighted by Gasteiger charge is 2.13. The van der Waals surface area contributed by atoms with Gasteiger partial charge in [-0.15, -0.1) is 0 Å². The summed E-state index contributed by atoms with van der Waals surface area (Å²) in [5, 5.41) is 13.3. The summed E-state index contributed by atoms with van der Waals surface area (Å²) in [7, 11) is 0. The van der Waals surface area contributed by atoms with Crippen LogP contribution >= 0.6 is 0 Å². The van der Waals surface area contributed by atoms with Crippen molar-refractivity contribution in [1.82, 2.24) is 0 Å². The van der Waals surface area contributed by atoms with Crippen LogP contribution in [0.3, 0.4) is 0 Å². The Kier molecular flexibility index (Phi) is 8.60. The molecule has 0 saturated carbocycles. The zero-order valence-corrected chi connectivity index (χ0v) is 19.3. The molecule has 0 spiro atoms. The van der Waals surface area contributed by atoms with Gasteiger partial charge in [0.25, 0.3) is 5.69 Å². The minimum atomic E-state index is -0.700. The van der Waals surface area contributed by atoms with Crippen LogP contribution < -0.4 is 10.1 Å². The zero-order valence-electron chi connectivity index (χ0n) is 19.3. The summed E-state index contributed by atoms with van der Waals surface area (Å²) in [6, 6.07) is 18.1. The van der Waals surface area contributed by atoms with Gasteiger partial charge in [0.15, 0.2) is 18.2 Å². The molecular weight excluding hydrogens is 468 g/mol. The lowest BCUT2D eigenvalue weighted by Crippen LogP contribution is -2.17. The molecular formula is C26H22N2O8. The van der Waals surface area contributed by atoms with Crippen LogP contribution in [0.4, 0.5) is 11.4 Å². The average Bonchev–Trinajstić information content (AvgIpc) is 2.87. The molecule has 0 saturated heterocycles. The van der Waals surface area contributed by atoms with Gasteiger partial charge in [-0.3, -0.25) is 29.3 Å². The number of nitrogens with zero attached hydrogens (tertiary/aromatic N) is 1. The van der Waals surface area contributed by atoms with Crippen LogP contribution in [0.15, 0.2) is 72.8 Å². The number of carbonyl (C=O) groups excluding carboxylic acids is 4. The standard InChI is InChI=1S/C26H22N2O8/c1-17(29)19-3-2-4-20(15-19)27-25(31)13-14-26(32)35-16-24(30)18-5-9-22(10-6-18)36-23-11-7-21(8-12-23)28(33)34/h2-12,15H,13-14,16H2,1H3,(H,27,31). The molecule has 0 fully saturated rings. The summed E-state index contributed by atoms with van der Waals surface area (Å²) in [6.45, 7) is 0.936. The van der Waals surface area contributed by atoms with Gasteiger partial charge in [0.2, 0.25) is 5.91 Å². The van der Waals surface area contributed by atoms with Crippen LogP contribution in [0.2, 0.25) is 0 Å². The number of amides is 1. The van der Waals surface area contributed by atoms with E-state index in [9.17, 15) is 29.3 Å². The maximum Gasteiger partial charge on any atom is 0.306 e. The highest BCUT2D eigenvalue weighted by molar-refractivity contribution is 5.99. The van der Waals surface area contributed by atoms with Gasteiger partial charge in [0.1, 0.15) is 11.5 Å². The van der Waals surface area contributed by atoms with E-state index in [2.05, 4.69) is 5.32 Å². The second-order valence-corrected chi connectivity index (χ2v) is 7.65. The number of ketones is 2. The third-order valence-electron chi connectivity index (χ3n) is 4.93. The van der Waals surface area contributed by atoms with Crippen molar-refractivity contribution in [2.45, 2.75) is 19.8 Å². The number of ether oxygens (including phenoxy) is 2. The number of nitro groups is 1. The molecule has 3 rings (SSSR count). The smallest absolute Gasteiger partial charge is 0.306 e. The topological polar surface area (TPSA) is 142 Å². The fraction of sp³-hybridized carbons (Fsp3) is 0.154. The molecule has 0 aliphatic heterocycles. The monoisotopic (exact) mass is 490 g/mol. The highest BCUT2D eigenvalue weighted by atomic mass is 16.6. The van der Waals surface area contributed by atoms with Crippen molar-refractivity contribution in [3.05, 3.63) is 94.0 Å². The Morgan fingerprint density at radius 3 is 2.11 bits per heavy atom. The van der Waals surface area contributed by atoms with E-state index in [1.165, 1.54) is 43.3 Å². The number of hydrogen-bond donors (Lipinski definition) is 1. The van der Waals surface area contributed by atoms with Gasteiger partial charge < -0.3 is 14.8 Å². The molecule has 0 radical (unpaired) electrons. The summed E-state index contributed by atoms with van der Waals surface area (Å²) in [5.74, 6) is -0.889. The summed E-state index contributed by atoms with van der Waals surface area (Å²) in [4.78, 5) is 57.9. The van der Waals surface area contributed by atoms with Crippen LogP contribution in [0, 0.1) is 10.1 Å². The lowest BCUT2D eigenvalue weighted by Gasteiger charge is -2.08. The Labute approximate surface area is 206 Å². The van der Waals surface area contributed by atoms with Crippen LogP contribution in [0.25, 0.3) is 0 Å². The average molecular weight is 490 g/mol. The lowest BCUT2D eigenvalue weighted by molar-refractivity contribution is -0.384. The van der Waals surface area contributed by atoms with Crippen molar-refractivity contribution >= 4 is 34.8 Å². The molecule has 0 bridgehead atoms. The first-order valence-corrected chi connectivity index (χ1v) is 10.8. The molecule has 1 N–H and O–H groups in total. The van der Waals surface area contributed by atoms with Crippen molar-refractivity contribution in [3.8, 4) is 11.5 Å². The number of Topliss-reactive ketones (excluding diaryl/α,β-unsaturated/α-hetero) is 2. The van der Waals surface area contributed by atoms with E-state index in [4.69, 9.17) is 9.47 Å². The number of nitrogens with one attached hydrogen (secondary N) is 1. The van der Waals surface area contributed by atoms with Crippen molar-refractivity contribution in [3.63, 3.8) is 0 Å². The van der Waals surface area contributed by atoms with E-state index in [1.807, 2.05) is 0 Å². The molecule has 36 heavy (non-hydrogen) atoms. The Morgan fingerprint density at radius 2 is 1.50 bits per heavy atom. The Morgan fingerprint density at radius 1 is 0.861 bits per heavy atom. The van der Waals surface area contributed by atoms with E-state index in [0.29, 0.717) is 28.3 Å². The van der Waals surface area contributed by atoms with Crippen molar-refractivity contribution in [2.75, 3.05) is 11.9 Å². The largest absolute Gasteiger partial charge is 0.457 e. The fourth-order valence-corrected chi connectivity index (χ4v) is 3.04. The number of benzene rings is 3. The summed E-state index contributed by atoms with van der Waals surface area (Å²) in [6.07, 6.45) is -0.362. The van der Waals surface area contributed by atoms with Gasteiger partial charge in [0.05, 0.1) is 11.3 Å². The Bertz CT molecular complexity index is 1280. The molecule has 0 aliphatic carbocycles. The molecule has 184 valence electrons. The maximum absolute atomic E-state index is 12.3. The predicted octanol–water partition coefficient (Wildman–Crippen LogP) is 4.73. The molecule has 0 aliphatic rings. The van der Waals surface area contributed by atoms with Crippen LogP contribution in [-0.4, -0.2) is 35.0 Å². The summed E-state index contributed by atoms with van der Waals surface area (Å²) in [5.41, 5.74) is 1.13. The highest BCUT2D eigenvalue weighted by Crippen LogP contribution is 2.24. The van der Waals surface area contributed by atoms with Crippen molar-refractivity contribution in [1.29, 1.82) is 0 Å². The van der Waals surface area contributed by atoms with E-state index in [-0.39, 0.29) is 24.3 Å². The molecule has 0 unspecified atom stereocenters. The maximum atomic E-state index is 12.3. The quantitative estimate of drug-likeness (QED) is 0.176. The number of rotatable bonds is 11. The Hall–Kier alpha value is -4.86. The molecule has 0 heterocycles. The van der Waals surface area contributed by atoms with Crippen LogP contribution in [-0.2, 0) is 14.3 Å². The van der Waals surface area contributed by atoms with E-state index < -0.39 is 29.2 Å². The molecule has 3 aromatic rings. The first-order chi connectivity index (χ1) is 17.2. The van der Waals surface area contributed by atoms with Crippen LogP contribution in [0.5, 0.6) is 11.5 Å². The minimum absolute atomic E-state index is 0.0575. The lowest BCUT2D eigenvalue weighted by atomic mass is 10.1. The van der Waals surface area contributed by atoms with Gasteiger partial charge in [-0.1, -0.05) is 12.1 Å². The molecule has 10 nitrogen and oxygen atoms in total. The van der Waals surface area contributed by atoms with Gasteiger partial charge >= 0.3 is 5.97 Å². The number of anilines is 1. The second kappa shape index (κ2) is 12.0. The summed E-state index contributed by atoms with van der Waals surface area (Å²) < 4.78 is 10.6. The first kappa shape index (κ1) is 25.8. The van der Waals surface area contributed by atoms with Crippen molar-refractivity contribution < 1.29 is 33.6 Å². The Balaban J connectivity index is 1.42. The number of hydrogen-bond acceptors (Lipinski definition) is 8. The third-order valence-corrected chi connectivity index (χ3v) is 4.93.